The fourth-order valence-corrected chi connectivity index (χ4v) is 2.69. The van der Waals surface area contributed by atoms with Crippen LogP contribution in [0.3, 0.4) is 0 Å². The molecular formula is C16H17N3O3. The van der Waals surface area contributed by atoms with Gasteiger partial charge in [0.25, 0.3) is 5.69 Å². The summed E-state index contributed by atoms with van der Waals surface area (Å²) in [5.74, 6) is 0.221. The molecule has 6 heteroatoms. The van der Waals surface area contributed by atoms with Crippen molar-refractivity contribution in [2.24, 2.45) is 0 Å². The number of phenols is 1. The molecule has 0 spiro atoms. The molecule has 2 N–H and O–H groups in total. The quantitative estimate of drug-likeness (QED) is 0.672. The topological polar surface area (TPSA) is 78.6 Å². The van der Waals surface area contributed by atoms with Crippen LogP contribution in [0.1, 0.15) is 0 Å². The van der Waals surface area contributed by atoms with E-state index in [0.717, 1.165) is 43.0 Å². The van der Waals surface area contributed by atoms with Crippen molar-refractivity contribution in [3.05, 3.63) is 52.6 Å². The minimum Gasteiger partial charge on any atom is -0.508 e. The minimum atomic E-state index is -0.405. The lowest BCUT2D eigenvalue weighted by Crippen LogP contribution is -2.43. The normalized spacial score (nSPS) is 14.8. The van der Waals surface area contributed by atoms with Crippen molar-refractivity contribution >= 4 is 11.4 Å². The fraction of sp³-hybridized carbons (Fsp3) is 0.250. The summed E-state index contributed by atoms with van der Waals surface area (Å²) >= 11 is 0. The third-order valence-electron chi connectivity index (χ3n) is 3.83. The first kappa shape index (κ1) is 14.3. The van der Waals surface area contributed by atoms with E-state index in [1.807, 2.05) is 6.07 Å². The van der Waals surface area contributed by atoms with Crippen LogP contribution in [0.4, 0.5) is 11.4 Å². The predicted molar refractivity (Wildman–Crippen MR) is 85.3 cm³/mol. The molecule has 1 saturated heterocycles. The Morgan fingerprint density at radius 1 is 1.09 bits per heavy atom. The standard InChI is InChI=1S/C16H17N3O3/c20-14-5-6-15(12-1-3-13(4-2-12)19(21)22)16(11-14)18-9-7-17-8-10-18/h1-6,11,17,20H,7-10H2. The summed E-state index contributed by atoms with van der Waals surface area (Å²) in [4.78, 5) is 12.6. The molecule has 1 aliphatic heterocycles. The van der Waals surface area contributed by atoms with Gasteiger partial charge in [0.1, 0.15) is 5.75 Å². The first-order valence-corrected chi connectivity index (χ1v) is 7.18. The van der Waals surface area contributed by atoms with Crippen LogP contribution in [0, 0.1) is 10.1 Å². The molecule has 2 aromatic carbocycles. The Morgan fingerprint density at radius 3 is 2.41 bits per heavy atom. The number of nitrogens with zero attached hydrogens (tertiary/aromatic N) is 2. The molecule has 0 atom stereocenters. The van der Waals surface area contributed by atoms with E-state index in [9.17, 15) is 15.2 Å². The highest BCUT2D eigenvalue weighted by Gasteiger charge is 2.16. The van der Waals surface area contributed by atoms with Crippen LogP contribution >= 0.6 is 0 Å². The number of nitrogens with one attached hydrogen (secondary N) is 1. The molecule has 0 aromatic heterocycles. The number of phenolic OH excluding ortho intramolecular Hbond substituents is 1. The highest BCUT2D eigenvalue weighted by Crippen LogP contribution is 2.34. The molecule has 114 valence electrons. The van der Waals surface area contributed by atoms with Crippen molar-refractivity contribution in [3.63, 3.8) is 0 Å². The third-order valence-corrected chi connectivity index (χ3v) is 3.83. The first-order chi connectivity index (χ1) is 10.6. The minimum absolute atomic E-state index is 0.0752. The largest absolute Gasteiger partial charge is 0.508 e. The average Bonchev–Trinajstić information content (AvgIpc) is 2.56. The van der Waals surface area contributed by atoms with Gasteiger partial charge in [-0.15, -0.1) is 0 Å². The van der Waals surface area contributed by atoms with E-state index in [0.29, 0.717) is 0 Å². The van der Waals surface area contributed by atoms with Gasteiger partial charge in [-0.05, 0) is 29.8 Å². The number of anilines is 1. The highest BCUT2D eigenvalue weighted by atomic mass is 16.6. The van der Waals surface area contributed by atoms with Gasteiger partial charge in [-0.2, -0.15) is 0 Å². The molecular weight excluding hydrogens is 282 g/mol. The van der Waals surface area contributed by atoms with E-state index >= 15 is 0 Å². The Labute approximate surface area is 128 Å². The van der Waals surface area contributed by atoms with Crippen molar-refractivity contribution in [2.75, 3.05) is 31.1 Å². The van der Waals surface area contributed by atoms with Crippen LogP contribution < -0.4 is 10.2 Å². The van der Waals surface area contributed by atoms with Gasteiger partial charge in [-0.25, -0.2) is 0 Å². The molecule has 0 unspecified atom stereocenters. The van der Waals surface area contributed by atoms with E-state index in [2.05, 4.69) is 10.2 Å². The summed E-state index contributed by atoms with van der Waals surface area (Å²) in [5, 5.41) is 23.9. The Kier molecular flexibility index (Phi) is 3.93. The summed E-state index contributed by atoms with van der Waals surface area (Å²) in [6.07, 6.45) is 0. The lowest BCUT2D eigenvalue weighted by atomic mass is 10.0. The van der Waals surface area contributed by atoms with Gasteiger partial charge < -0.3 is 15.3 Å². The highest BCUT2D eigenvalue weighted by molar-refractivity contribution is 5.80. The lowest BCUT2D eigenvalue weighted by Gasteiger charge is -2.31. The van der Waals surface area contributed by atoms with E-state index in [4.69, 9.17) is 0 Å². The van der Waals surface area contributed by atoms with Gasteiger partial charge in [0.15, 0.2) is 0 Å². The van der Waals surface area contributed by atoms with Crippen molar-refractivity contribution in [2.45, 2.75) is 0 Å². The van der Waals surface area contributed by atoms with Crippen molar-refractivity contribution in [3.8, 4) is 16.9 Å². The van der Waals surface area contributed by atoms with Crippen LogP contribution in [-0.2, 0) is 0 Å². The second kappa shape index (κ2) is 6.03. The molecule has 1 fully saturated rings. The molecule has 2 aromatic rings. The maximum absolute atomic E-state index is 10.8. The maximum Gasteiger partial charge on any atom is 0.269 e. The van der Waals surface area contributed by atoms with E-state index < -0.39 is 4.92 Å². The smallest absolute Gasteiger partial charge is 0.269 e. The third kappa shape index (κ3) is 2.87. The molecule has 0 bridgehead atoms. The lowest BCUT2D eigenvalue weighted by molar-refractivity contribution is -0.384. The van der Waals surface area contributed by atoms with Crippen molar-refractivity contribution < 1.29 is 10.0 Å². The van der Waals surface area contributed by atoms with Crippen LogP contribution in [0.25, 0.3) is 11.1 Å². The summed E-state index contributed by atoms with van der Waals surface area (Å²) < 4.78 is 0. The predicted octanol–water partition coefficient (Wildman–Crippen LogP) is 2.38. The number of nitro benzene ring substituents is 1. The molecule has 0 radical (unpaired) electrons. The van der Waals surface area contributed by atoms with Crippen molar-refractivity contribution in [1.29, 1.82) is 0 Å². The second-order valence-corrected chi connectivity index (χ2v) is 5.24. The number of benzene rings is 2. The summed E-state index contributed by atoms with van der Waals surface area (Å²) in [6, 6.07) is 11.7. The van der Waals surface area contributed by atoms with Gasteiger partial charge in [-0.1, -0.05) is 0 Å². The van der Waals surface area contributed by atoms with Gasteiger partial charge in [0.05, 0.1) is 4.92 Å². The second-order valence-electron chi connectivity index (χ2n) is 5.24. The summed E-state index contributed by atoms with van der Waals surface area (Å²) in [6.45, 7) is 3.53. The SMILES string of the molecule is O=[N+]([O-])c1ccc(-c2ccc(O)cc2N2CCNCC2)cc1. The van der Waals surface area contributed by atoms with Gasteiger partial charge in [0.2, 0.25) is 0 Å². The number of piperazine rings is 1. The fourth-order valence-electron chi connectivity index (χ4n) is 2.69. The molecule has 6 nitrogen and oxygen atoms in total. The number of hydrogen-bond donors (Lipinski definition) is 2. The first-order valence-electron chi connectivity index (χ1n) is 7.18. The van der Waals surface area contributed by atoms with Crippen LogP contribution in [-0.4, -0.2) is 36.2 Å². The summed E-state index contributed by atoms with van der Waals surface area (Å²) in [7, 11) is 0. The number of rotatable bonds is 3. The molecule has 1 aliphatic rings. The van der Waals surface area contributed by atoms with Gasteiger partial charge in [-0.3, -0.25) is 10.1 Å². The number of nitro groups is 1. The molecule has 0 aliphatic carbocycles. The van der Waals surface area contributed by atoms with Gasteiger partial charge in [0, 0.05) is 55.6 Å². The zero-order valence-electron chi connectivity index (χ0n) is 12.0. The Balaban J connectivity index is 2.00. The Bertz CT molecular complexity index is 680. The molecule has 22 heavy (non-hydrogen) atoms. The monoisotopic (exact) mass is 299 g/mol. The zero-order valence-corrected chi connectivity index (χ0v) is 12.0. The van der Waals surface area contributed by atoms with Crippen LogP contribution in [0.2, 0.25) is 0 Å². The van der Waals surface area contributed by atoms with Gasteiger partial charge >= 0.3 is 0 Å². The zero-order chi connectivity index (χ0) is 15.5. The van der Waals surface area contributed by atoms with E-state index in [-0.39, 0.29) is 11.4 Å². The van der Waals surface area contributed by atoms with Crippen molar-refractivity contribution in [1.82, 2.24) is 5.32 Å². The Hall–Kier alpha value is -2.60. The van der Waals surface area contributed by atoms with E-state index in [1.165, 1.54) is 12.1 Å². The number of aromatic hydroxyl groups is 1. The maximum atomic E-state index is 10.8. The van der Waals surface area contributed by atoms with E-state index in [1.54, 1.807) is 24.3 Å². The molecule has 3 rings (SSSR count). The number of non-ortho nitro benzene ring substituents is 1. The summed E-state index contributed by atoms with van der Waals surface area (Å²) in [5.41, 5.74) is 2.90. The molecule has 0 amide bonds. The Morgan fingerprint density at radius 2 is 1.77 bits per heavy atom. The van der Waals surface area contributed by atoms with Crippen LogP contribution in [0.15, 0.2) is 42.5 Å². The molecule has 0 saturated carbocycles. The molecule has 1 heterocycles. The van der Waals surface area contributed by atoms with Crippen LogP contribution in [0.5, 0.6) is 5.75 Å². The average molecular weight is 299 g/mol. The number of hydrogen-bond acceptors (Lipinski definition) is 5.